The van der Waals surface area contributed by atoms with Crippen molar-refractivity contribution in [2.24, 2.45) is 7.05 Å². The van der Waals surface area contributed by atoms with E-state index in [9.17, 15) is 4.21 Å². The largest absolute Gasteiger partial charge is 0.255 e. The lowest BCUT2D eigenvalue weighted by Gasteiger charge is -2.23. The van der Waals surface area contributed by atoms with Crippen molar-refractivity contribution in [1.82, 2.24) is 19.7 Å². The Labute approximate surface area is 135 Å². The van der Waals surface area contributed by atoms with Gasteiger partial charge in [0.1, 0.15) is 5.69 Å². The van der Waals surface area contributed by atoms with Crippen LogP contribution in [0.2, 0.25) is 0 Å². The quantitative estimate of drug-likeness (QED) is 0.899. The molecule has 0 bridgehead atoms. The third-order valence-corrected chi connectivity index (χ3v) is 4.99. The number of nitrogens with one attached hydrogen (secondary N) is 1. The fourth-order valence-electron chi connectivity index (χ4n) is 1.74. The van der Waals surface area contributed by atoms with Crippen LogP contribution < -0.4 is 4.72 Å². The van der Waals surface area contributed by atoms with E-state index in [1.807, 2.05) is 58.3 Å². The molecule has 0 saturated heterocycles. The maximum absolute atomic E-state index is 12.4. The molecule has 7 heteroatoms. The lowest BCUT2D eigenvalue weighted by Crippen LogP contribution is -2.36. The predicted molar refractivity (Wildman–Crippen MR) is 88.0 cm³/mol. The highest BCUT2D eigenvalue weighted by Gasteiger charge is 2.26. The van der Waals surface area contributed by atoms with Crippen molar-refractivity contribution in [2.75, 3.05) is 0 Å². The van der Waals surface area contributed by atoms with E-state index in [1.165, 1.54) is 0 Å². The molecule has 2 atom stereocenters. The Morgan fingerprint density at radius 3 is 2.38 bits per heavy atom. The van der Waals surface area contributed by atoms with Crippen LogP contribution in [0.15, 0.2) is 34.9 Å². The molecule has 0 amide bonds. The Morgan fingerprint density at radius 1 is 1.29 bits per heavy atom. The zero-order chi connectivity index (χ0) is 15.6. The summed E-state index contributed by atoms with van der Waals surface area (Å²) in [5.41, 5.74) is 1.74. The molecule has 5 nitrogen and oxygen atoms in total. The number of aromatic nitrogens is 3. The minimum atomic E-state index is -1.20. The number of nitrogens with zero attached hydrogens (tertiary/aromatic N) is 3. The second kappa shape index (κ2) is 6.37. The van der Waals surface area contributed by atoms with Gasteiger partial charge in [-0.25, -0.2) is 8.93 Å². The molecule has 1 aromatic heterocycles. The molecule has 1 aromatic carbocycles. The lowest BCUT2D eigenvalue weighted by molar-refractivity contribution is 0.620. The number of aryl methyl sites for hydroxylation is 1. The Bertz CT molecular complexity index is 633. The first-order valence-corrected chi connectivity index (χ1v) is 8.51. The van der Waals surface area contributed by atoms with Gasteiger partial charge in [0, 0.05) is 11.5 Å². The van der Waals surface area contributed by atoms with Crippen molar-refractivity contribution in [3.63, 3.8) is 0 Å². The van der Waals surface area contributed by atoms with E-state index in [0.29, 0.717) is 0 Å². The minimum absolute atomic E-state index is 0.258. The highest BCUT2D eigenvalue weighted by Crippen LogP contribution is 2.24. The van der Waals surface area contributed by atoms with Gasteiger partial charge in [0.15, 0.2) is 0 Å². The van der Waals surface area contributed by atoms with Crippen molar-refractivity contribution in [3.05, 3.63) is 46.2 Å². The van der Waals surface area contributed by atoms with Gasteiger partial charge in [-0.2, -0.15) is 0 Å². The molecule has 114 valence electrons. The Kier molecular flexibility index (Phi) is 4.95. The van der Waals surface area contributed by atoms with E-state index in [-0.39, 0.29) is 10.8 Å². The fourth-order valence-corrected chi connectivity index (χ4v) is 2.82. The van der Waals surface area contributed by atoms with Crippen LogP contribution in [0.25, 0.3) is 0 Å². The van der Waals surface area contributed by atoms with E-state index in [2.05, 4.69) is 31.0 Å². The van der Waals surface area contributed by atoms with Crippen molar-refractivity contribution in [3.8, 4) is 0 Å². The summed E-state index contributed by atoms with van der Waals surface area (Å²) in [5.74, 6) is 0. The van der Waals surface area contributed by atoms with E-state index in [4.69, 9.17) is 0 Å². The molecule has 1 unspecified atom stereocenters. The van der Waals surface area contributed by atoms with E-state index in [1.54, 1.807) is 4.68 Å². The standard InChI is InChI=1S/C14H19BrN4OS/c1-14(2,3)21(20)17-13(12-9-19(4)18-16-12)10-5-7-11(15)8-6-10/h5-9,13,17H,1-4H3/t13?,21-/m0/s1. The van der Waals surface area contributed by atoms with Crippen molar-refractivity contribution in [1.29, 1.82) is 0 Å². The van der Waals surface area contributed by atoms with Crippen LogP contribution in [0.4, 0.5) is 0 Å². The topological polar surface area (TPSA) is 59.8 Å². The van der Waals surface area contributed by atoms with Crippen molar-refractivity contribution >= 4 is 26.9 Å². The number of rotatable bonds is 4. The predicted octanol–water partition coefficient (Wildman–Crippen LogP) is 2.72. The van der Waals surface area contributed by atoms with Crippen LogP contribution in [-0.2, 0) is 18.0 Å². The van der Waals surface area contributed by atoms with E-state index in [0.717, 1.165) is 15.7 Å². The number of hydrogen-bond acceptors (Lipinski definition) is 3. The molecule has 0 aliphatic rings. The molecule has 0 aliphatic heterocycles. The summed E-state index contributed by atoms with van der Waals surface area (Å²) in [6.45, 7) is 5.81. The molecule has 0 saturated carbocycles. The summed E-state index contributed by atoms with van der Waals surface area (Å²) in [7, 11) is 0.612. The first kappa shape index (κ1) is 16.3. The smallest absolute Gasteiger partial charge is 0.105 e. The Morgan fingerprint density at radius 2 is 1.90 bits per heavy atom. The fraction of sp³-hybridized carbons (Fsp3) is 0.429. The highest BCUT2D eigenvalue weighted by atomic mass is 79.9. The van der Waals surface area contributed by atoms with Crippen LogP contribution >= 0.6 is 15.9 Å². The SMILES string of the molecule is Cn1cc(C(N[S@@](=O)C(C)(C)C)c2ccc(Br)cc2)nn1. The summed E-state index contributed by atoms with van der Waals surface area (Å²) in [6.07, 6.45) is 1.83. The van der Waals surface area contributed by atoms with Gasteiger partial charge in [-0.15, -0.1) is 5.10 Å². The number of halogens is 1. The minimum Gasteiger partial charge on any atom is -0.255 e. The van der Waals surface area contributed by atoms with Gasteiger partial charge in [-0.05, 0) is 38.5 Å². The van der Waals surface area contributed by atoms with Gasteiger partial charge >= 0.3 is 0 Å². The number of benzene rings is 1. The molecule has 2 rings (SSSR count). The molecule has 0 spiro atoms. The average Bonchev–Trinajstić information content (AvgIpc) is 2.82. The molecule has 21 heavy (non-hydrogen) atoms. The maximum Gasteiger partial charge on any atom is 0.105 e. The Hall–Kier alpha value is -1.05. The summed E-state index contributed by atoms with van der Waals surface area (Å²) >= 11 is 3.43. The lowest BCUT2D eigenvalue weighted by atomic mass is 10.1. The first-order chi connectivity index (χ1) is 9.77. The van der Waals surface area contributed by atoms with Crippen molar-refractivity contribution < 1.29 is 4.21 Å². The van der Waals surface area contributed by atoms with Crippen LogP contribution in [0.1, 0.15) is 38.1 Å². The van der Waals surface area contributed by atoms with Crippen LogP contribution in [0.3, 0.4) is 0 Å². The molecule has 0 fully saturated rings. The molecule has 1 heterocycles. The average molecular weight is 371 g/mol. The third-order valence-electron chi connectivity index (χ3n) is 2.90. The second-order valence-corrected chi connectivity index (χ2v) is 8.71. The van der Waals surface area contributed by atoms with Gasteiger partial charge in [0.05, 0.1) is 28.0 Å². The van der Waals surface area contributed by atoms with Gasteiger partial charge < -0.3 is 0 Å². The summed E-state index contributed by atoms with van der Waals surface area (Å²) in [4.78, 5) is 0. The highest BCUT2D eigenvalue weighted by molar-refractivity contribution is 9.10. The van der Waals surface area contributed by atoms with Crippen LogP contribution in [0, 0.1) is 0 Å². The molecule has 2 aromatic rings. The van der Waals surface area contributed by atoms with Gasteiger partial charge in [-0.3, -0.25) is 4.68 Å². The zero-order valence-electron chi connectivity index (χ0n) is 12.5. The summed E-state index contributed by atoms with van der Waals surface area (Å²) in [5, 5.41) is 8.12. The third kappa shape index (κ3) is 4.21. The normalized spacial score (nSPS) is 14.9. The first-order valence-electron chi connectivity index (χ1n) is 6.57. The summed E-state index contributed by atoms with van der Waals surface area (Å²) < 4.78 is 17.9. The molecule has 0 aliphatic carbocycles. The van der Waals surface area contributed by atoms with Gasteiger partial charge in [-0.1, -0.05) is 33.3 Å². The molecule has 1 N–H and O–H groups in total. The Balaban J connectivity index is 2.35. The maximum atomic E-state index is 12.4. The van der Waals surface area contributed by atoms with Gasteiger partial charge in [0.25, 0.3) is 0 Å². The molecular weight excluding hydrogens is 352 g/mol. The second-order valence-electron chi connectivity index (χ2n) is 5.80. The van der Waals surface area contributed by atoms with Crippen LogP contribution in [0.5, 0.6) is 0 Å². The summed E-state index contributed by atoms with van der Waals surface area (Å²) in [6, 6.07) is 7.62. The number of hydrogen-bond donors (Lipinski definition) is 1. The molecule has 0 radical (unpaired) electrons. The molecular formula is C14H19BrN4OS. The van der Waals surface area contributed by atoms with Gasteiger partial charge in [0.2, 0.25) is 0 Å². The van der Waals surface area contributed by atoms with E-state index < -0.39 is 11.0 Å². The van der Waals surface area contributed by atoms with E-state index >= 15 is 0 Å². The zero-order valence-corrected chi connectivity index (χ0v) is 14.9. The van der Waals surface area contributed by atoms with Crippen molar-refractivity contribution in [2.45, 2.75) is 31.6 Å². The van der Waals surface area contributed by atoms with Crippen LogP contribution in [-0.4, -0.2) is 23.9 Å². The monoisotopic (exact) mass is 370 g/mol.